The van der Waals surface area contributed by atoms with E-state index in [9.17, 15) is 19.2 Å². The summed E-state index contributed by atoms with van der Waals surface area (Å²) < 4.78 is 40.9. The summed E-state index contributed by atoms with van der Waals surface area (Å²) in [7, 11) is -0.698. The number of ether oxygens (including phenoxy) is 6. The highest BCUT2D eigenvalue weighted by Gasteiger charge is 2.61. The van der Waals surface area contributed by atoms with Gasteiger partial charge in [0.25, 0.3) is 0 Å². The van der Waals surface area contributed by atoms with Crippen LogP contribution in [-0.4, -0.2) is 70.3 Å². The minimum Gasteiger partial charge on any atom is -0.544 e. The molecule has 1 saturated heterocycles. The highest BCUT2D eigenvalue weighted by molar-refractivity contribution is 6.74. The zero-order valence-corrected chi connectivity index (χ0v) is 30.4. The molecular formula is C34H45ClO11Si. The fourth-order valence-electron chi connectivity index (χ4n) is 5.05. The Labute approximate surface area is 282 Å². The van der Waals surface area contributed by atoms with E-state index in [0.29, 0.717) is 22.6 Å². The maximum Gasteiger partial charge on any atom is 0.303 e. The Kier molecular flexibility index (Phi) is 12.3. The average molecular weight is 693 g/mol. The van der Waals surface area contributed by atoms with Gasteiger partial charge in [0.1, 0.15) is 18.5 Å². The number of carbonyl (C=O) groups is 4. The zero-order valence-electron chi connectivity index (χ0n) is 28.6. The first kappa shape index (κ1) is 38.0. The molecule has 1 aliphatic heterocycles. The molecule has 0 bridgehead atoms. The first-order valence-corrected chi connectivity index (χ1v) is 18.5. The lowest BCUT2D eigenvalue weighted by Crippen LogP contribution is -2.67. The highest BCUT2D eigenvalue weighted by Crippen LogP contribution is 2.44. The van der Waals surface area contributed by atoms with E-state index in [1.165, 1.54) is 21.0 Å². The van der Waals surface area contributed by atoms with Crippen LogP contribution in [-0.2, 0) is 59.8 Å². The van der Waals surface area contributed by atoms with E-state index in [0.717, 1.165) is 25.2 Å². The number of methoxy groups -OCH3 is 1. The van der Waals surface area contributed by atoms with E-state index in [-0.39, 0.29) is 5.04 Å². The van der Waals surface area contributed by atoms with Crippen molar-refractivity contribution >= 4 is 43.8 Å². The van der Waals surface area contributed by atoms with Gasteiger partial charge in [-0.2, -0.15) is 0 Å². The first-order chi connectivity index (χ1) is 21.8. The number of halogens is 1. The van der Waals surface area contributed by atoms with Crippen LogP contribution in [0.3, 0.4) is 0 Å². The fourth-order valence-corrected chi connectivity index (χ4v) is 6.27. The van der Waals surface area contributed by atoms with Crippen LogP contribution in [0.15, 0.2) is 42.5 Å². The summed E-state index contributed by atoms with van der Waals surface area (Å²) in [6.07, 6.45) is -5.01. The summed E-state index contributed by atoms with van der Waals surface area (Å²) in [4.78, 5) is 48.7. The molecule has 2 aromatic rings. The standard InChI is InChI=1S/C34H45ClO11Si/c1-20(36)41-19-29-30(42-21(2)37)31(43-22(3)38)32(44-23(4)39)34(40-8,45-29)26-13-16-28(35)25(18-26)17-24-11-14-27(15-12-24)46-47(9,10)33(5,6)7/h11-16,18,29-32H,17,19H2,1-10H3/t29-,30-,31+,32-,34+/m1/s1. The molecule has 13 heteroatoms. The molecule has 11 nitrogen and oxygen atoms in total. The van der Waals surface area contributed by atoms with Crippen LogP contribution in [0.2, 0.25) is 23.2 Å². The number of hydrogen-bond acceptors (Lipinski definition) is 11. The third-order valence-corrected chi connectivity index (χ3v) is 13.0. The Morgan fingerprint density at radius 1 is 0.851 bits per heavy atom. The van der Waals surface area contributed by atoms with E-state index in [4.69, 9.17) is 44.4 Å². The van der Waals surface area contributed by atoms with Crippen molar-refractivity contribution in [3.63, 3.8) is 0 Å². The van der Waals surface area contributed by atoms with Crippen LogP contribution < -0.4 is 4.43 Å². The molecule has 5 atom stereocenters. The predicted molar refractivity (Wildman–Crippen MR) is 175 cm³/mol. The summed E-state index contributed by atoms with van der Waals surface area (Å²) in [5.74, 6) is -3.99. The Morgan fingerprint density at radius 2 is 1.43 bits per heavy atom. The minimum absolute atomic E-state index is 0.0476. The topological polar surface area (TPSA) is 133 Å². The fraction of sp³-hybridized carbons (Fsp3) is 0.529. The SMILES string of the molecule is CO[C@@]1(c2ccc(Cl)c(Cc3ccc(O[Si](C)(C)C(C)(C)C)cc3)c2)O[C@H](COC(C)=O)[C@@H](OC(C)=O)[C@H](OC(C)=O)[C@H]1OC(C)=O. The van der Waals surface area contributed by atoms with Gasteiger partial charge in [-0.1, -0.05) is 50.6 Å². The second kappa shape index (κ2) is 15.2. The molecular weight excluding hydrogens is 648 g/mol. The zero-order chi connectivity index (χ0) is 35.3. The molecule has 0 aliphatic carbocycles. The molecule has 258 valence electrons. The Balaban J connectivity index is 2.09. The molecule has 0 N–H and O–H groups in total. The summed E-state index contributed by atoms with van der Waals surface area (Å²) >= 11 is 6.68. The highest BCUT2D eigenvalue weighted by atomic mass is 35.5. The summed E-state index contributed by atoms with van der Waals surface area (Å²) in [5, 5.41) is 0.499. The van der Waals surface area contributed by atoms with Crippen molar-refractivity contribution in [2.45, 2.75) is 103 Å². The van der Waals surface area contributed by atoms with Crippen molar-refractivity contribution in [2.75, 3.05) is 13.7 Å². The molecule has 0 spiro atoms. The van der Waals surface area contributed by atoms with Gasteiger partial charge in [0.2, 0.25) is 20.2 Å². The lowest BCUT2D eigenvalue weighted by atomic mass is 9.86. The van der Waals surface area contributed by atoms with Crippen LogP contribution in [0.4, 0.5) is 0 Å². The van der Waals surface area contributed by atoms with Crippen molar-refractivity contribution in [2.24, 2.45) is 0 Å². The molecule has 0 saturated carbocycles. The Bertz CT molecular complexity index is 1450. The van der Waals surface area contributed by atoms with Gasteiger partial charge in [0, 0.05) is 45.4 Å². The number of esters is 4. The molecule has 3 rings (SSSR count). The largest absolute Gasteiger partial charge is 0.544 e. The number of carbonyl (C=O) groups excluding carboxylic acids is 4. The maximum atomic E-state index is 12.5. The lowest BCUT2D eigenvalue weighted by molar-refractivity contribution is -0.367. The van der Waals surface area contributed by atoms with Crippen molar-refractivity contribution < 1.29 is 52.0 Å². The summed E-state index contributed by atoms with van der Waals surface area (Å²) in [6.45, 7) is 15.2. The predicted octanol–water partition coefficient (Wildman–Crippen LogP) is 5.87. The normalized spacial score (nSPS) is 23.0. The number of benzene rings is 2. The van der Waals surface area contributed by atoms with Crippen molar-refractivity contribution in [1.82, 2.24) is 0 Å². The van der Waals surface area contributed by atoms with E-state index in [1.54, 1.807) is 18.2 Å². The second-order valence-electron chi connectivity index (χ2n) is 13.0. The van der Waals surface area contributed by atoms with Crippen LogP contribution in [0, 0.1) is 0 Å². The smallest absolute Gasteiger partial charge is 0.303 e. The molecule has 1 aliphatic rings. The van der Waals surface area contributed by atoms with Gasteiger partial charge in [0.15, 0.2) is 12.2 Å². The lowest BCUT2D eigenvalue weighted by Gasteiger charge is -2.50. The molecule has 0 amide bonds. The van der Waals surface area contributed by atoms with Crippen molar-refractivity contribution in [1.29, 1.82) is 0 Å². The molecule has 0 unspecified atom stereocenters. The van der Waals surface area contributed by atoms with Crippen LogP contribution in [0.5, 0.6) is 5.75 Å². The molecule has 1 fully saturated rings. The van der Waals surface area contributed by atoms with Gasteiger partial charge in [-0.3, -0.25) is 19.2 Å². The van der Waals surface area contributed by atoms with Gasteiger partial charge in [-0.15, -0.1) is 0 Å². The van der Waals surface area contributed by atoms with Crippen molar-refractivity contribution in [3.8, 4) is 5.75 Å². The van der Waals surface area contributed by atoms with E-state index in [1.807, 2.05) is 24.3 Å². The van der Waals surface area contributed by atoms with Gasteiger partial charge in [-0.25, -0.2) is 0 Å². The quantitative estimate of drug-likeness (QED) is 0.159. The summed E-state index contributed by atoms with van der Waals surface area (Å²) in [6, 6.07) is 12.8. The van der Waals surface area contributed by atoms with Gasteiger partial charge >= 0.3 is 23.9 Å². The van der Waals surface area contributed by atoms with E-state index >= 15 is 0 Å². The van der Waals surface area contributed by atoms with Gasteiger partial charge < -0.3 is 32.8 Å². The third-order valence-electron chi connectivity index (χ3n) is 8.29. The van der Waals surface area contributed by atoms with Crippen molar-refractivity contribution in [3.05, 3.63) is 64.2 Å². The van der Waals surface area contributed by atoms with E-state index in [2.05, 4.69) is 33.9 Å². The molecule has 47 heavy (non-hydrogen) atoms. The molecule has 2 aromatic carbocycles. The molecule has 1 heterocycles. The third kappa shape index (κ3) is 9.34. The number of hydrogen-bond donors (Lipinski definition) is 0. The van der Waals surface area contributed by atoms with Crippen LogP contribution >= 0.6 is 11.6 Å². The molecule has 0 radical (unpaired) electrons. The Morgan fingerprint density at radius 3 is 1.94 bits per heavy atom. The van der Waals surface area contributed by atoms with Gasteiger partial charge in [-0.05, 0) is 59.9 Å². The molecule has 0 aromatic heterocycles. The minimum atomic E-state index is -2.02. The maximum absolute atomic E-state index is 12.5. The van der Waals surface area contributed by atoms with Gasteiger partial charge in [0.05, 0.1) is 0 Å². The number of rotatable bonds is 11. The van der Waals surface area contributed by atoms with E-state index < -0.39 is 69.0 Å². The second-order valence-corrected chi connectivity index (χ2v) is 18.1. The van der Waals surface area contributed by atoms with Crippen LogP contribution in [0.1, 0.15) is 65.2 Å². The Hall–Kier alpha value is -3.45. The van der Waals surface area contributed by atoms with Crippen LogP contribution in [0.25, 0.3) is 0 Å². The monoisotopic (exact) mass is 692 g/mol. The average Bonchev–Trinajstić information content (AvgIpc) is 2.95. The summed E-state index contributed by atoms with van der Waals surface area (Å²) in [5.41, 5.74) is 1.99. The first-order valence-electron chi connectivity index (χ1n) is 15.2.